The van der Waals surface area contributed by atoms with Crippen LogP contribution in [0.1, 0.15) is 37.4 Å². The van der Waals surface area contributed by atoms with Gasteiger partial charge in [-0.25, -0.2) is 4.39 Å². The van der Waals surface area contributed by atoms with E-state index in [2.05, 4.69) is 19.2 Å². The van der Waals surface area contributed by atoms with Crippen molar-refractivity contribution in [2.75, 3.05) is 6.54 Å². The maximum atomic E-state index is 13.6. The van der Waals surface area contributed by atoms with Gasteiger partial charge < -0.3 is 10.1 Å². The molecule has 0 aliphatic rings. The molecule has 0 radical (unpaired) electrons. The molecule has 0 heterocycles. The van der Waals surface area contributed by atoms with Gasteiger partial charge in [-0.1, -0.05) is 43.3 Å². The second-order valence-electron chi connectivity index (χ2n) is 5.09. The lowest BCUT2D eigenvalue weighted by molar-refractivity contribution is 0.293. The van der Waals surface area contributed by atoms with Crippen LogP contribution >= 0.6 is 0 Å². The Hall–Kier alpha value is -1.87. The van der Waals surface area contributed by atoms with Crippen LogP contribution in [0.25, 0.3) is 0 Å². The summed E-state index contributed by atoms with van der Waals surface area (Å²) < 4.78 is 19.5. The van der Waals surface area contributed by atoms with Crippen molar-refractivity contribution in [1.29, 1.82) is 0 Å². The fourth-order valence-corrected chi connectivity index (χ4v) is 2.21. The van der Waals surface area contributed by atoms with Crippen LogP contribution < -0.4 is 10.1 Å². The van der Waals surface area contributed by atoms with Crippen LogP contribution in [0.4, 0.5) is 4.39 Å². The Morgan fingerprint density at radius 2 is 1.81 bits per heavy atom. The predicted octanol–water partition coefficient (Wildman–Crippen LogP) is 4.47. The van der Waals surface area contributed by atoms with Crippen LogP contribution in [0.5, 0.6) is 5.75 Å². The van der Waals surface area contributed by atoms with Crippen LogP contribution in [-0.2, 0) is 6.61 Å². The second-order valence-corrected chi connectivity index (χ2v) is 5.09. The Balaban J connectivity index is 2.08. The highest BCUT2D eigenvalue weighted by molar-refractivity contribution is 5.36. The van der Waals surface area contributed by atoms with E-state index in [1.165, 1.54) is 6.07 Å². The first-order valence-corrected chi connectivity index (χ1v) is 7.41. The fourth-order valence-electron chi connectivity index (χ4n) is 2.21. The quantitative estimate of drug-likeness (QED) is 0.811. The number of nitrogens with one attached hydrogen (secondary N) is 1. The number of hydrogen-bond acceptors (Lipinski definition) is 2. The number of para-hydroxylation sites is 1. The molecular formula is C18H22FNO. The zero-order valence-electron chi connectivity index (χ0n) is 12.6. The zero-order valence-corrected chi connectivity index (χ0v) is 12.6. The van der Waals surface area contributed by atoms with Gasteiger partial charge in [-0.05, 0) is 32.0 Å². The van der Waals surface area contributed by atoms with Gasteiger partial charge in [0, 0.05) is 17.2 Å². The summed E-state index contributed by atoms with van der Waals surface area (Å²) in [7, 11) is 0. The summed E-state index contributed by atoms with van der Waals surface area (Å²) >= 11 is 0. The third-order valence-corrected chi connectivity index (χ3v) is 3.43. The molecule has 21 heavy (non-hydrogen) atoms. The Kier molecular flexibility index (Phi) is 5.76. The van der Waals surface area contributed by atoms with Gasteiger partial charge in [-0.15, -0.1) is 0 Å². The van der Waals surface area contributed by atoms with E-state index in [4.69, 9.17) is 4.74 Å². The molecule has 0 aliphatic heterocycles. The molecular weight excluding hydrogens is 265 g/mol. The maximum absolute atomic E-state index is 13.6. The number of halogens is 1. The highest BCUT2D eigenvalue weighted by Gasteiger charge is 2.11. The van der Waals surface area contributed by atoms with Gasteiger partial charge in [0.1, 0.15) is 18.2 Å². The Morgan fingerprint density at radius 3 is 2.57 bits per heavy atom. The van der Waals surface area contributed by atoms with Crippen molar-refractivity contribution < 1.29 is 9.13 Å². The smallest absolute Gasteiger partial charge is 0.129 e. The highest BCUT2D eigenvalue weighted by Crippen LogP contribution is 2.25. The summed E-state index contributed by atoms with van der Waals surface area (Å²) in [6, 6.07) is 14.8. The number of benzene rings is 2. The monoisotopic (exact) mass is 287 g/mol. The van der Waals surface area contributed by atoms with Gasteiger partial charge in [-0.2, -0.15) is 0 Å². The topological polar surface area (TPSA) is 21.3 Å². The third-order valence-electron chi connectivity index (χ3n) is 3.43. The van der Waals surface area contributed by atoms with Gasteiger partial charge in [0.25, 0.3) is 0 Å². The van der Waals surface area contributed by atoms with Crippen molar-refractivity contribution in [3.05, 3.63) is 65.5 Å². The molecule has 112 valence electrons. The van der Waals surface area contributed by atoms with E-state index in [1.54, 1.807) is 12.1 Å². The van der Waals surface area contributed by atoms with Gasteiger partial charge in [0.2, 0.25) is 0 Å². The van der Waals surface area contributed by atoms with Crippen LogP contribution in [0.3, 0.4) is 0 Å². The minimum absolute atomic E-state index is 0.210. The number of hydrogen-bond donors (Lipinski definition) is 1. The van der Waals surface area contributed by atoms with Crippen molar-refractivity contribution in [2.45, 2.75) is 32.9 Å². The highest BCUT2D eigenvalue weighted by atomic mass is 19.1. The maximum Gasteiger partial charge on any atom is 0.129 e. The largest absolute Gasteiger partial charge is 0.488 e. The third kappa shape index (κ3) is 4.30. The lowest BCUT2D eigenvalue weighted by Gasteiger charge is -2.18. The summed E-state index contributed by atoms with van der Waals surface area (Å²) in [6.45, 7) is 5.45. The number of rotatable bonds is 7. The molecule has 1 atom stereocenters. The standard InChI is InChI=1S/C18H22FNO/c1-3-12-20-14(2)16-9-5-7-11-18(16)21-13-15-8-4-6-10-17(15)19/h4-11,14,20H,3,12-13H2,1-2H3. The predicted molar refractivity (Wildman–Crippen MR) is 83.9 cm³/mol. The van der Waals surface area contributed by atoms with Gasteiger partial charge in [0.05, 0.1) is 0 Å². The molecule has 2 rings (SSSR count). The Morgan fingerprint density at radius 1 is 1.10 bits per heavy atom. The molecule has 2 nitrogen and oxygen atoms in total. The molecule has 0 aliphatic carbocycles. The van der Waals surface area contributed by atoms with Crippen molar-refractivity contribution in [1.82, 2.24) is 5.32 Å². The van der Waals surface area contributed by atoms with E-state index < -0.39 is 0 Å². The summed E-state index contributed by atoms with van der Waals surface area (Å²) in [4.78, 5) is 0. The lowest BCUT2D eigenvalue weighted by Crippen LogP contribution is -2.20. The first kappa shape index (κ1) is 15.5. The van der Waals surface area contributed by atoms with Gasteiger partial charge in [0.15, 0.2) is 0 Å². The van der Waals surface area contributed by atoms with Crippen LogP contribution in [0.15, 0.2) is 48.5 Å². The molecule has 0 bridgehead atoms. The summed E-state index contributed by atoms with van der Waals surface area (Å²) in [6.07, 6.45) is 1.09. The van der Waals surface area contributed by atoms with E-state index in [-0.39, 0.29) is 18.5 Å². The minimum Gasteiger partial charge on any atom is -0.488 e. The molecule has 0 aromatic heterocycles. The van der Waals surface area contributed by atoms with Crippen LogP contribution in [0, 0.1) is 5.82 Å². The van der Waals surface area contributed by atoms with E-state index >= 15 is 0 Å². The molecule has 3 heteroatoms. The minimum atomic E-state index is -0.230. The van der Waals surface area contributed by atoms with E-state index in [9.17, 15) is 4.39 Å². The molecule has 0 saturated carbocycles. The first-order valence-electron chi connectivity index (χ1n) is 7.41. The zero-order chi connectivity index (χ0) is 15.1. The van der Waals surface area contributed by atoms with Gasteiger partial charge >= 0.3 is 0 Å². The molecule has 0 saturated heterocycles. The summed E-state index contributed by atoms with van der Waals surface area (Å²) in [5.74, 6) is 0.573. The molecule has 0 spiro atoms. The second kappa shape index (κ2) is 7.79. The van der Waals surface area contributed by atoms with Crippen molar-refractivity contribution >= 4 is 0 Å². The normalized spacial score (nSPS) is 12.1. The molecule has 2 aromatic rings. The van der Waals surface area contributed by atoms with Crippen LogP contribution in [0.2, 0.25) is 0 Å². The average molecular weight is 287 g/mol. The van der Waals surface area contributed by atoms with Crippen molar-refractivity contribution in [2.24, 2.45) is 0 Å². The van der Waals surface area contributed by atoms with Crippen LogP contribution in [-0.4, -0.2) is 6.54 Å². The molecule has 0 amide bonds. The Labute approximate surface area is 126 Å². The number of ether oxygens (including phenoxy) is 1. The molecule has 0 fully saturated rings. The summed E-state index contributed by atoms with van der Waals surface area (Å²) in [5.41, 5.74) is 1.67. The van der Waals surface area contributed by atoms with Crippen molar-refractivity contribution in [3.63, 3.8) is 0 Å². The molecule has 1 unspecified atom stereocenters. The first-order chi connectivity index (χ1) is 10.2. The Bertz CT molecular complexity index is 571. The fraction of sp³-hybridized carbons (Fsp3) is 0.333. The molecule has 2 aromatic carbocycles. The van der Waals surface area contributed by atoms with E-state index in [1.807, 2.05) is 30.3 Å². The lowest BCUT2D eigenvalue weighted by atomic mass is 10.1. The SMILES string of the molecule is CCCNC(C)c1ccccc1OCc1ccccc1F. The molecule has 1 N–H and O–H groups in total. The van der Waals surface area contributed by atoms with E-state index in [0.717, 1.165) is 24.3 Å². The van der Waals surface area contributed by atoms with E-state index in [0.29, 0.717) is 5.56 Å². The van der Waals surface area contributed by atoms with Gasteiger partial charge in [-0.3, -0.25) is 0 Å². The summed E-state index contributed by atoms with van der Waals surface area (Å²) in [5, 5.41) is 3.44. The van der Waals surface area contributed by atoms with Crippen molar-refractivity contribution in [3.8, 4) is 5.75 Å². The average Bonchev–Trinajstić information content (AvgIpc) is 2.52.